The van der Waals surface area contributed by atoms with Gasteiger partial charge >= 0.3 is 0 Å². The molecule has 2 aromatic rings. The first-order valence-electron chi connectivity index (χ1n) is 8.40. The van der Waals surface area contributed by atoms with E-state index < -0.39 is 0 Å². The summed E-state index contributed by atoms with van der Waals surface area (Å²) in [7, 11) is 0. The van der Waals surface area contributed by atoms with Gasteiger partial charge in [0.1, 0.15) is 0 Å². The van der Waals surface area contributed by atoms with Crippen molar-refractivity contribution in [3.63, 3.8) is 0 Å². The maximum atomic E-state index is 12.1. The Morgan fingerprint density at radius 3 is 2.65 bits per heavy atom. The van der Waals surface area contributed by atoms with Gasteiger partial charge in [-0.25, -0.2) is 0 Å². The Labute approximate surface area is 138 Å². The first-order chi connectivity index (χ1) is 11.2. The zero-order valence-electron chi connectivity index (χ0n) is 13.9. The molecule has 1 unspecified atom stereocenters. The molecule has 3 nitrogen and oxygen atoms in total. The molecule has 0 spiro atoms. The average molecular weight is 308 g/mol. The van der Waals surface area contributed by atoms with Gasteiger partial charge in [-0.2, -0.15) is 0 Å². The lowest BCUT2D eigenvalue weighted by atomic mass is 10.1. The first-order valence-corrected chi connectivity index (χ1v) is 8.40. The van der Waals surface area contributed by atoms with E-state index in [9.17, 15) is 4.79 Å². The number of hydrogen-bond acceptors (Lipinski definition) is 2. The molecule has 3 rings (SSSR count). The van der Waals surface area contributed by atoms with Gasteiger partial charge in [0.05, 0.1) is 0 Å². The zero-order chi connectivity index (χ0) is 16.2. The normalized spacial score (nSPS) is 14.4. The third-order valence-corrected chi connectivity index (χ3v) is 4.56. The van der Waals surface area contributed by atoms with Gasteiger partial charge in [-0.15, -0.1) is 0 Å². The van der Waals surface area contributed by atoms with Crippen LogP contribution in [0.1, 0.15) is 41.8 Å². The minimum Gasteiger partial charge on any atom is -0.367 e. The van der Waals surface area contributed by atoms with Crippen molar-refractivity contribution in [1.82, 2.24) is 5.32 Å². The van der Waals surface area contributed by atoms with E-state index in [1.807, 2.05) is 19.1 Å². The molecule has 120 valence electrons. The van der Waals surface area contributed by atoms with Crippen molar-refractivity contribution in [3.05, 3.63) is 65.2 Å². The van der Waals surface area contributed by atoms with Gasteiger partial charge in [0.15, 0.2) is 0 Å². The van der Waals surface area contributed by atoms with E-state index >= 15 is 0 Å². The lowest BCUT2D eigenvalue weighted by molar-refractivity contribution is 0.0939. The van der Waals surface area contributed by atoms with E-state index in [2.05, 4.69) is 53.5 Å². The maximum absolute atomic E-state index is 12.1. The van der Waals surface area contributed by atoms with E-state index in [0.29, 0.717) is 0 Å². The summed E-state index contributed by atoms with van der Waals surface area (Å²) >= 11 is 0. The summed E-state index contributed by atoms with van der Waals surface area (Å²) in [6.07, 6.45) is 2.06. The van der Waals surface area contributed by atoms with Crippen LogP contribution in [0.25, 0.3) is 0 Å². The Balaban J connectivity index is 1.66. The summed E-state index contributed by atoms with van der Waals surface area (Å²) in [6, 6.07) is 16.8. The molecular weight excluding hydrogens is 284 g/mol. The zero-order valence-corrected chi connectivity index (χ0v) is 13.9. The van der Waals surface area contributed by atoms with Gasteiger partial charge < -0.3 is 10.2 Å². The van der Waals surface area contributed by atoms with Crippen molar-refractivity contribution in [2.75, 3.05) is 11.4 Å². The second-order valence-electron chi connectivity index (χ2n) is 6.28. The number of amides is 1. The Kier molecular flexibility index (Phi) is 4.65. The molecule has 1 aliphatic heterocycles. The van der Waals surface area contributed by atoms with Crippen molar-refractivity contribution in [2.24, 2.45) is 0 Å². The largest absolute Gasteiger partial charge is 0.367 e. The minimum atomic E-state index is 0.0115. The van der Waals surface area contributed by atoms with Crippen molar-refractivity contribution in [2.45, 2.75) is 39.3 Å². The second-order valence-corrected chi connectivity index (χ2v) is 6.28. The highest BCUT2D eigenvalue weighted by atomic mass is 16.1. The summed E-state index contributed by atoms with van der Waals surface area (Å²) in [5.41, 5.74) is 4.74. The van der Waals surface area contributed by atoms with Crippen LogP contribution in [0.15, 0.2) is 48.5 Å². The van der Waals surface area contributed by atoms with E-state index in [1.165, 1.54) is 16.8 Å². The third kappa shape index (κ3) is 3.55. The smallest absolute Gasteiger partial charge is 0.251 e. The van der Waals surface area contributed by atoms with Crippen molar-refractivity contribution >= 4 is 11.6 Å². The number of carbonyl (C=O) groups is 1. The fraction of sp³-hybridized carbons (Fsp3) is 0.350. The highest BCUT2D eigenvalue weighted by Crippen LogP contribution is 2.28. The number of hydrogen-bond donors (Lipinski definition) is 1. The summed E-state index contributed by atoms with van der Waals surface area (Å²) in [5, 5.41) is 3.00. The number of carbonyl (C=O) groups excluding carboxylic acids is 1. The van der Waals surface area contributed by atoms with Crippen LogP contribution >= 0.6 is 0 Å². The Morgan fingerprint density at radius 1 is 1.17 bits per heavy atom. The van der Waals surface area contributed by atoms with Crippen molar-refractivity contribution < 1.29 is 4.79 Å². The Morgan fingerprint density at radius 2 is 1.91 bits per heavy atom. The SMILES string of the molecule is CCC(C)NC(=O)c1ccc(CN2CCc3ccccc32)cc1. The van der Waals surface area contributed by atoms with Crippen LogP contribution in [0.3, 0.4) is 0 Å². The van der Waals surface area contributed by atoms with Gasteiger partial charge in [-0.3, -0.25) is 4.79 Å². The second kappa shape index (κ2) is 6.86. The number of nitrogens with zero attached hydrogens (tertiary/aromatic N) is 1. The molecule has 0 aromatic heterocycles. The number of para-hydroxylation sites is 1. The standard InChI is InChI=1S/C20H24N2O/c1-3-15(2)21-20(23)18-10-8-16(9-11-18)14-22-13-12-17-6-4-5-7-19(17)22/h4-11,15H,3,12-14H2,1-2H3,(H,21,23). The number of fused-ring (bicyclic) bond motifs is 1. The molecule has 0 aliphatic carbocycles. The van der Waals surface area contributed by atoms with Crippen LogP contribution in [-0.4, -0.2) is 18.5 Å². The molecule has 3 heteroatoms. The molecule has 0 bridgehead atoms. The van der Waals surface area contributed by atoms with Crippen LogP contribution in [0.4, 0.5) is 5.69 Å². The summed E-state index contributed by atoms with van der Waals surface area (Å²) in [5.74, 6) is 0.0115. The number of rotatable bonds is 5. The van der Waals surface area contributed by atoms with Gasteiger partial charge in [-0.05, 0) is 49.1 Å². The van der Waals surface area contributed by atoms with Gasteiger partial charge in [0.2, 0.25) is 0 Å². The first kappa shape index (κ1) is 15.6. The third-order valence-electron chi connectivity index (χ3n) is 4.56. The quantitative estimate of drug-likeness (QED) is 0.911. The van der Waals surface area contributed by atoms with E-state index in [1.54, 1.807) is 0 Å². The molecule has 1 N–H and O–H groups in total. The molecule has 0 radical (unpaired) electrons. The fourth-order valence-electron chi connectivity index (χ4n) is 2.96. The molecule has 1 aliphatic rings. The molecule has 0 fully saturated rings. The Hall–Kier alpha value is -2.29. The number of nitrogens with one attached hydrogen (secondary N) is 1. The van der Waals surface area contributed by atoms with Crippen LogP contribution in [0, 0.1) is 0 Å². The monoisotopic (exact) mass is 308 g/mol. The van der Waals surface area contributed by atoms with Crippen molar-refractivity contribution in [1.29, 1.82) is 0 Å². The summed E-state index contributed by atoms with van der Waals surface area (Å²) in [6.45, 7) is 6.05. The van der Waals surface area contributed by atoms with Crippen molar-refractivity contribution in [3.8, 4) is 0 Å². The molecule has 23 heavy (non-hydrogen) atoms. The molecule has 1 atom stereocenters. The lowest BCUT2D eigenvalue weighted by Gasteiger charge is -2.19. The van der Waals surface area contributed by atoms with Crippen LogP contribution in [0.2, 0.25) is 0 Å². The summed E-state index contributed by atoms with van der Waals surface area (Å²) < 4.78 is 0. The minimum absolute atomic E-state index is 0.0115. The van der Waals surface area contributed by atoms with Crippen LogP contribution in [0.5, 0.6) is 0 Å². The predicted molar refractivity (Wildman–Crippen MR) is 94.9 cm³/mol. The van der Waals surface area contributed by atoms with Gasteiger partial charge in [0.25, 0.3) is 5.91 Å². The highest BCUT2D eigenvalue weighted by molar-refractivity contribution is 5.94. The Bertz CT molecular complexity index is 678. The van der Waals surface area contributed by atoms with Crippen LogP contribution in [-0.2, 0) is 13.0 Å². The van der Waals surface area contributed by atoms with E-state index in [4.69, 9.17) is 0 Å². The van der Waals surface area contributed by atoms with E-state index in [0.717, 1.165) is 31.5 Å². The molecule has 0 saturated heterocycles. The van der Waals surface area contributed by atoms with E-state index in [-0.39, 0.29) is 11.9 Å². The summed E-state index contributed by atoms with van der Waals surface area (Å²) in [4.78, 5) is 14.5. The van der Waals surface area contributed by atoms with Gasteiger partial charge in [0, 0.05) is 30.4 Å². The molecule has 2 aromatic carbocycles. The highest BCUT2D eigenvalue weighted by Gasteiger charge is 2.18. The molecular formula is C20H24N2O. The van der Waals surface area contributed by atoms with Gasteiger partial charge in [-0.1, -0.05) is 37.3 Å². The molecule has 1 amide bonds. The topological polar surface area (TPSA) is 32.3 Å². The average Bonchev–Trinajstić information content (AvgIpc) is 2.98. The molecule has 0 saturated carbocycles. The molecule has 1 heterocycles. The van der Waals surface area contributed by atoms with Crippen LogP contribution < -0.4 is 10.2 Å². The number of benzene rings is 2. The number of anilines is 1. The maximum Gasteiger partial charge on any atom is 0.251 e. The lowest BCUT2D eigenvalue weighted by Crippen LogP contribution is -2.31. The fourth-order valence-corrected chi connectivity index (χ4v) is 2.96. The predicted octanol–water partition coefficient (Wildman–Crippen LogP) is 3.78.